The van der Waals surface area contributed by atoms with Crippen LogP contribution in [0.1, 0.15) is 27.7 Å². The van der Waals surface area contributed by atoms with Crippen LogP contribution in [0.15, 0.2) is 0 Å². The predicted molar refractivity (Wildman–Crippen MR) is 292 cm³/mol. The molecular weight excluding hydrogens is 1300 g/mol. The Morgan fingerprint density at radius 3 is 1.29 bits per heavy atom. The van der Waals surface area contributed by atoms with Gasteiger partial charge in [0.15, 0.2) is 50.3 Å². The maximum atomic E-state index is 13.2. The van der Waals surface area contributed by atoms with Crippen molar-refractivity contribution in [1.82, 2.24) is 16.0 Å². The highest BCUT2D eigenvalue weighted by Gasteiger charge is 2.60. The van der Waals surface area contributed by atoms with E-state index in [1.165, 1.54) is 6.92 Å². The van der Waals surface area contributed by atoms with Gasteiger partial charge in [-0.3, -0.25) is 14.4 Å². The van der Waals surface area contributed by atoms with Crippen molar-refractivity contribution in [2.24, 2.45) is 0 Å². The average molecular weight is 1390 g/mol. The van der Waals surface area contributed by atoms with Gasteiger partial charge in [0, 0.05) is 20.8 Å². The first kappa shape index (κ1) is 77.7. The van der Waals surface area contributed by atoms with Crippen LogP contribution in [0.5, 0.6) is 0 Å². The lowest BCUT2D eigenvalue weighted by atomic mass is 9.93. The zero-order valence-electron chi connectivity index (χ0n) is 51.2. The minimum absolute atomic E-state index is 0.787. The van der Waals surface area contributed by atoms with E-state index >= 15 is 0 Å². The molecule has 8 saturated heterocycles. The van der Waals surface area contributed by atoms with Gasteiger partial charge >= 0.3 is 0 Å². The van der Waals surface area contributed by atoms with Crippen molar-refractivity contribution < 1.29 is 193 Å². The number of hydrogen-bond donors (Lipinski definition) is 24. The lowest BCUT2D eigenvalue weighted by Crippen LogP contribution is -2.71. The van der Waals surface area contributed by atoms with E-state index in [4.69, 9.17) is 71.1 Å². The second-order valence-corrected chi connectivity index (χ2v) is 24.2. The van der Waals surface area contributed by atoms with Crippen molar-refractivity contribution in [3.8, 4) is 0 Å². The molecule has 0 spiro atoms. The second kappa shape index (κ2) is 33.6. The molecular formula is C53H89N3O39. The molecule has 0 bridgehead atoms. The molecule has 0 aromatic rings. The van der Waals surface area contributed by atoms with Gasteiger partial charge in [-0.25, -0.2) is 0 Å². The summed E-state index contributed by atoms with van der Waals surface area (Å²) in [6.45, 7) is -2.65. The highest BCUT2D eigenvalue weighted by atomic mass is 16.8. The number of aliphatic hydroxyl groups excluding tert-OH is 21. The van der Waals surface area contributed by atoms with Crippen LogP contribution in [0.25, 0.3) is 0 Å². The fourth-order valence-corrected chi connectivity index (χ4v) is 12.1. The van der Waals surface area contributed by atoms with Crippen molar-refractivity contribution in [2.45, 2.75) is 267 Å². The molecule has 8 aliphatic rings. The quantitative estimate of drug-likeness (QED) is 0.0452. The van der Waals surface area contributed by atoms with E-state index in [9.17, 15) is 122 Å². The van der Waals surface area contributed by atoms with Crippen molar-refractivity contribution in [3.63, 3.8) is 0 Å². The summed E-state index contributed by atoms with van der Waals surface area (Å²) < 4.78 is 89.2. The van der Waals surface area contributed by atoms with Crippen molar-refractivity contribution >= 4 is 17.7 Å². The molecule has 1 unspecified atom stereocenters. The molecule has 24 N–H and O–H groups in total. The van der Waals surface area contributed by atoms with Gasteiger partial charge in [0.2, 0.25) is 17.7 Å². The first-order chi connectivity index (χ1) is 44.8. The van der Waals surface area contributed by atoms with Gasteiger partial charge in [-0.1, -0.05) is 0 Å². The van der Waals surface area contributed by atoms with Crippen molar-refractivity contribution in [2.75, 3.05) is 46.2 Å². The van der Waals surface area contributed by atoms with Crippen molar-refractivity contribution in [1.29, 1.82) is 0 Å². The number of ether oxygens (including phenoxy) is 15. The molecule has 0 aromatic heterocycles. The zero-order chi connectivity index (χ0) is 69.9. The number of carbonyl (C=O) groups is 3. The van der Waals surface area contributed by atoms with Crippen LogP contribution < -0.4 is 16.0 Å². The minimum Gasteiger partial charge on any atom is -0.394 e. The van der Waals surface area contributed by atoms with E-state index in [0.717, 1.165) is 20.8 Å². The molecule has 3 amide bonds. The minimum atomic E-state index is -2.39. The highest BCUT2D eigenvalue weighted by molar-refractivity contribution is 5.74. The molecule has 8 aliphatic heterocycles. The first-order valence-electron chi connectivity index (χ1n) is 30.4. The first-order valence-corrected chi connectivity index (χ1v) is 30.4. The molecule has 8 rings (SSSR count). The standard InChI is InChI=1S/C53H89N3O39/c1-12-26(65)35(74)39(78)49(84-12)83-11-22-42(33(72)23(46(80)85-22)54-13(2)61)91-48-25(56-15(4)63)34(73)41(20(8-60)89-48)92-53-45(95-51-38(77)27(66)16(64)9-81-51)43(31(70)21(90-53)10-82-50-40(79)36(75)29(68)18(6-58)87-50)93-52-44(37(76)30(69)19(7-59)88-52)94-47-24(55-14(3)62)32(71)28(67)17(5-57)86-47/h12,16-53,57-60,64-80H,5-11H2,1-4H3,(H,54,61)(H,55,62)(H,56,63)/t12-,16+,17+,18+,19+,20+,21+,22+,23+,24+,25+,26+,27-,28+,29+,30+,31+,32+,33+,34+,35+,36-,37-,38+,39-,40-,41+,42+,43-,44-,45-,46?,47-,48-,49+,50-,51-,52+,53-/m0/s1. The van der Waals surface area contributed by atoms with Gasteiger partial charge in [0.25, 0.3) is 0 Å². The molecule has 8 heterocycles. The van der Waals surface area contributed by atoms with Crippen LogP contribution in [-0.4, -0.2) is 411 Å². The topological polar surface area (TPSA) is 651 Å². The van der Waals surface area contributed by atoms with Gasteiger partial charge in [-0.15, -0.1) is 0 Å². The normalized spacial score (nSPS) is 49.9. The predicted octanol–water partition coefficient (Wildman–Crippen LogP) is -16.4. The van der Waals surface area contributed by atoms with E-state index in [1.54, 1.807) is 0 Å². The van der Waals surface area contributed by atoms with Crippen LogP contribution >= 0.6 is 0 Å². The van der Waals surface area contributed by atoms with Crippen LogP contribution in [0.2, 0.25) is 0 Å². The molecule has 0 radical (unpaired) electrons. The van der Waals surface area contributed by atoms with Crippen LogP contribution in [0, 0.1) is 0 Å². The third kappa shape index (κ3) is 17.3. The Morgan fingerprint density at radius 1 is 0.337 bits per heavy atom. The van der Waals surface area contributed by atoms with Crippen LogP contribution in [-0.2, 0) is 85.4 Å². The molecule has 0 saturated carbocycles. The second-order valence-electron chi connectivity index (χ2n) is 24.2. The van der Waals surface area contributed by atoms with E-state index in [-0.39, 0.29) is 0 Å². The molecule has 42 nitrogen and oxygen atoms in total. The van der Waals surface area contributed by atoms with Gasteiger partial charge in [0.1, 0.15) is 183 Å². The third-order valence-electron chi connectivity index (χ3n) is 17.4. The molecule has 95 heavy (non-hydrogen) atoms. The summed E-state index contributed by atoms with van der Waals surface area (Å²) in [5.74, 6) is -2.61. The number of nitrogens with one attached hydrogen (secondary N) is 3. The Morgan fingerprint density at radius 2 is 0.726 bits per heavy atom. The Hall–Kier alpha value is -3.03. The smallest absolute Gasteiger partial charge is 0.217 e. The molecule has 550 valence electrons. The number of aliphatic hydroxyl groups is 21. The Labute approximate surface area is 538 Å². The summed E-state index contributed by atoms with van der Waals surface area (Å²) in [5.41, 5.74) is 0. The molecule has 42 heteroatoms. The SMILES string of the molecule is CC(=O)N[C@H]1[C@H](O[C@H]2[C@H](O)[C@@H](NC(C)=O)C(O)O[C@@H]2CO[C@@H]2O[C@@H](C)[C@@H](O)[C@@H](O)[C@@H]2O)O[C@H](CO)[C@@H](O[C@@H]2O[C@H](CO[C@H]3O[C@H](CO)[C@@H](O)[C@H](O)[C@@H]3O)[C@@H](O)[C@H](O[C@H]3O[C@H](CO)[C@@H](O)[C@H](O)[C@@H]3O[C@@H]3O[C@H](CO)[C@@H](O)[C@H](O)[C@H]3NC(C)=O)[C@@H]2O[C@@H]2OC[C@@H](O)[C@H](O)[C@H]2O)[C@@H]1O. The summed E-state index contributed by atoms with van der Waals surface area (Å²) >= 11 is 0. The van der Waals surface area contributed by atoms with Gasteiger partial charge in [-0.2, -0.15) is 0 Å². The lowest BCUT2D eigenvalue weighted by molar-refractivity contribution is -0.410. The van der Waals surface area contributed by atoms with E-state index in [1.807, 2.05) is 0 Å². The molecule has 0 aliphatic carbocycles. The van der Waals surface area contributed by atoms with Crippen LogP contribution in [0.3, 0.4) is 0 Å². The third-order valence-corrected chi connectivity index (χ3v) is 17.4. The van der Waals surface area contributed by atoms with E-state index < -0.39 is 303 Å². The number of hydrogen-bond acceptors (Lipinski definition) is 39. The fourth-order valence-electron chi connectivity index (χ4n) is 12.1. The molecule has 0 aromatic carbocycles. The summed E-state index contributed by atoms with van der Waals surface area (Å²) in [6, 6.07) is -5.45. The maximum absolute atomic E-state index is 13.2. The average Bonchev–Trinajstić information content (AvgIpc) is 0.768. The number of amides is 3. The van der Waals surface area contributed by atoms with Gasteiger partial charge in [0.05, 0.1) is 52.4 Å². The Balaban J connectivity index is 1.18. The maximum Gasteiger partial charge on any atom is 0.217 e. The number of carbonyl (C=O) groups excluding carboxylic acids is 3. The van der Waals surface area contributed by atoms with E-state index in [0.29, 0.717) is 0 Å². The van der Waals surface area contributed by atoms with E-state index in [2.05, 4.69) is 16.0 Å². The monoisotopic (exact) mass is 1390 g/mol. The summed E-state index contributed by atoms with van der Waals surface area (Å²) in [6.07, 6.45) is -72.0. The lowest BCUT2D eigenvalue weighted by Gasteiger charge is -2.52. The van der Waals surface area contributed by atoms with Crippen LogP contribution in [0.4, 0.5) is 0 Å². The van der Waals surface area contributed by atoms with Gasteiger partial charge in [-0.05, 0) is 6.92 Å². The molecule has 39 atom stereocenters. The molecule has 8 fully saturated rings. The Kier molecular flexibility index (Phi) is 27.5. The fraction of sp³-hybridized carbons (Fsp3) is 0.943. The largest absolute Gasteiger partial charge is 0.394 e. The zero-order valence-corrected chi connectivity index (χ0v) is 51.2. The summed E-state index contributed by atoms with van der Waals surface area (Å²) in [7, 11) is 0. The Bertz CT molecular complexity index is 2440. The summed E-state index contributed by atoms with van der Waals surface area (Å²) in [4.78, 5) is 38.0. The summed E-state index contributed by atoms with van der Waals surface area (Å²) in [5, 5.41) is 238. The van der Waals surface area contributed by atoms with Gasteiger partial charge < -0.3 is 194 Å². The van der Waals surface area contributed by atoms with Crippen molar-refractivity contribution in [3.05, 3.63) is 0 Å². The number of rotatable bonds is 23. The highest BCUT2D eigenvalue weighted by Crippen LogP contribution is 2.39.